The van der Waals surface area contributed by atoms with Crippen LogP contribution in [0.1, 0.15) is 36.6 Å². The number of carbonyl (C=O) groups excluding carboxylic acids is 2. The topological polar surface area (TPSA) is 89.0 Å². The van der Waals surface area contributed by atoms with Gasteiger partial charge in [-0.15, -0.1) is 0 Å². The number of amides is 1. The van der Waals surface area contributed by atoms with E-state index < -0.39 is 17.7 Å². The summed E-state index contributed by atoms with van der Waals surface area (Å²) < 4.78 is 12.2. The van der Waals surface area contributed by atoms with E-state index in [0.717, 1.165) is 16.0 Å². The van der Waals surface area contributed by atoms with Crippen molar-refractivity contribution in [3.05, 3.63) is 89.0 Å². The van der Waals surface area contributed by atoms with E-state index in [1.165, 1.54) is 16.2 Å². The van der Waals surface area contributed by atoms with Crippen molar-refractivity contribution >= 4 is 44.1 Å². The third-order valence-corrected chi connectivity index (χ3v) is 7.61. The van der Waals surface area contributed by atoms with Gasteiger partial charge in [-0.1, -0.05) is 41.7 Å². The Morgan fingerprint density at radius 2 is 1.95 bits per heavy atom. The molecule has 8 heteroatoms. The van der Waals surface area contributed by atoms with Gasteiger partial charge >= 0.3 is 5.91 Å². The molecule has 1 aromatic heterocycles. The minimum absolute atomic E-state index is 0.0392. The second-order valence-corrected chi connectivity index (χ2v) is 10.1. The molecule has 7 nitrogen and oxygen atoms in total. The molecule has 0 aliphatic carbocycles. The fraction of sp³-hybridized carbons (Fsp3) is 0.207. The van der Waals surface area contributed by atoms with Crippen molar-refractivity contribution in [2.24, 2.45) is 0 Å². The first kappa shape index (κ1) is 23.2. The van der Waals surface area contributed by atoms with E-state index in [4.69, 9.17) is 9.47 Å². The lowest BCUT2D eigenvalue weighted by Gasteiger charge is -2.23. The quantitative estimate of drug-likeness (QED) is 0.211. The summed E-state index contributed by atoms with van der Waals surface area (Å²) in [4.78, 5) is 33.0. The summed E-state index contributed by atoms with van der Waals surface area (Å²) in [5, 5.41) is 11.8. The summed E-state index contributed by atoms with van der Waals surface area (Å²) in [7, 11) is 0. The number of fused-ring (bicyclic) bond motifs is 2. The van der Waals surface area contributed by atoms with E-state index in [9.17, 15) is 14.7 Å². The van der Waals surface area contributed by atoms with Gasteiger partial charge in [-0.2, -0.15) is 0 Å². The molecule has 6 rings (SSSR count). The first-order chi connectivity index (χ1) is 17.9. The number of Topliss-reactive ketones (excluding diaryl/α,β-unsaturated/α-hetero) is 1. The van der Waals surface area contributed by atoms with Crippen LogP contribution in [0.25, 0.3) is 16.0 Å². The monoisotopic (exact) mass is 512 g/mol. The molecule has 37 heavy (non-hydrogen) atoms. The number of carbonyl (C=O) groups is 2. The van der Waals surface area contributed by atoms with Gasteiger partial charge in [0.2, 0.25) is 0 Å². The lowest BCUT2D eigenvalue weighted by atomic mass is 9.94. The number of aliphatic hydroxyl groups excluding tert-OH is 1. The average Bonchev–Trinajstić information content (AvgIpc) is 3.56. The maximum atomic E-state index is 13.5. The average molecular weight is 513 g/mol. The summed E-state index contributed by atoms with van der Waals surface area (Å²) in [6, 6.07) is 19.3. The number of hydrogen-bond donors (Lipinski definition) is 1. The van der Waals surface area contributed by atoms with Gasteiger partial charge in [0, 0.05) is 12.0 Å². The van der Waals surface area contributed by atoms with Crippen LogP contribution in [0.3, 0.4) is 0 Å². The number of ether oxygens (including phenoxy) is 2. The molecule has 0 saturated carbocycles. The molecule has 0 spiro atoms. The molecule has 2 atom stereocenters. The molecule has 0 bridgehead atoms. The SMILES string of the molecule is CCOc1ccc2nc(N3C(=O)C(=O)/C(=C(/O)c4ccc5c(c4)C[C@H](C)O5)[C@@H]3c3ccccc3)sc2c1. The van der Waals surface area contributed by atoms with Crippen LogP contribution >= 0.6 is 11.3 Å². The molecule has 186 valence electrons. The number of aliphatic hydroxyl groups is 1. The van der Waals surface area contributed by atoms with Gasteiger partial charge in [0.1, 0.15) is 23.4 Å². The van der Waals surface area contributed by atoms with Crippen LogP contribution in [0, 0.1) is 0 Å². The molecule has 4 aromatic rings. The zero-order valence-corrected chi connectivity index (χ0v) is 21.1. The zero-order valence-electron chi connectivity index (χ0n) is 20.3. The van der Waals surface area contributed by atoms with E-state index in [1.54, 1.807) is 12.1 Å². The highest BCUT2D eigenvalue weighted by Crippen LogP contribution is 2.45. The summed E-state index contributed by atoms with van der Waals surface area (Å²) in [6.07, 6.45) is 0.757. The van der Waals surface area contributed by atoms with Crippen LogP contribution in [0.5, 0.6) is 11.5 Å². The number of hydrogen-bond acceptors (Lipinski definition) is 7. The van der Waals surface area contributed by atoms with E-state index in [-0.39, 0.29) is 17.4 Å². The second kappa shape index (κ2) is 9.05. The van der Waals surface area contributed by atoms with Gasteiger partial charge in [0.05, 0.1) is 28.4 Å². The van der Waals surface area contributed by atoms with E-state index >= 15 is 0 Å². The summed E-state index contributed by atoms with van der Waals surface area (Å²) in [5.74, 6) is -0.202. The molecule has 1 N–H and O–H groups in total. The predicted octanol–water partition coefficient (Wildman–Crippen LogP) is 5.64. The van der Waals surface area contributed by atoms with Gasteiger partial charge in [0.25, 0.3) is 5.78 Å². The lowest BCUT2D eigenvalue weighted by molar-refractivity contribution is -0.132. The maximum absolute atomic E-state index is 13.5. The fourth-order valence-electron chi connectivity index (χ4n) is 4.96. The Labute approximate surface area is 217 Å². The molecular weight excluding hydrogens is 488 g/mol. The Morgan fingerprint density at radius 1 is 1.14 bits per heavy atom. The highest BCUT2D eigenvalue weighted by molar-refractivity contribution is 7.22. The number of nitrogens with zero attached hydrogens (tertiary/aromatic N) is 2. The zero-order chi connectivity index (χ0) is 25.7. The number of rotatable bonds is 5. The van der Waals surface area contributed by atoms with Gasteiger partial charge in [-0.05, 0) is 61.4 Å². The number of thiazole rings is 1. The Hall–Kier alpha value is -4.17. The summed E-state index contributed by atoms with van der Waals surface area (Å²) >= 11 is 1.31. The third-order valence-electron chi connectivity index (χ3n) is 6.59. The van der Waals surface area contributed by atoms with Crippen LogP contribution < -0.4 is 14.4 Å². The number of ketones is 1. The minimum Gasteiger partial charge on any atom is -0.507 e. The molecule has 2 aliphatic rings. The first-order valence-electron chi connectivity index (χ1n) is 12.1. The van der Waals surface area contributed by atoms with Crippen molar-refractivity contribution in [1.82, 2.24) is 4.98 Å². The molecule has 2 aliphatic heterocycles. The fourth-order valence-corrected chi connectivity index (χ4v) is 5.98. The van der Waals surface area contributed by atoms with Gasteiger partial charge < -0.3 is 14.6 Å². The van der Waals surface area contributed by atoms with Crippen molar-refractivity contribution in [1.29, 1.82) is 0 Å². The van der Waals surface area contributed by atoms with Crippen LogP contribution in [0.2, 0.25) is 0 Å². The number of benzene rings is 3. The Balaban J connectivity index is 1.50. The molecule has 3 heterocycles. The Kier molecular flexibility index (Phi) is 5.68. The second-order valence-electron chi connectivity index (χ2n) is 9.09. The lowest BCUT2D eigenvalue weighted by Crippen LogP contribution is -2.29. The maximum Gasteiger partial charge on any atom is 0.301 e. The summed E-state index contributed by atoms with van der Waals surface area (Å²) in [5.41, 5.74) is 2.87. The van der Waals surface area contributed by atoms with Crippen molar-refractivity contribution in [3.8, 4) is 11.5 Å². The number of anilines is 1. The van der Waals surface area contributed by atoms with Crippen LogP contribution in [-0.4, -0.2) is 34.5 Å². The van der Waals surface area contributed by atoms with Crippen LogP contribution in [-0.2, 0) is 16.0 Å². The minimum atomic E-state index is -0.823. The molecule has 3 aromatic carbocycles. The van der Waals surface area contributed by atoms with E-state index in [2.05, 4.69) is 4.98 Å². The smallest absolute Gasteiger partial charge is 0.301 e. The Morgan fingerprint density at radius 3 is 2.73 bits per heavy atom. The number of aromatic nitrogens is 1. The Bertz CT molecular complexity index is 1580. The van der Waals surface area contributed by atoms with Gasteiger partial charge in [0.15, 0.2) is 5.13 Å². The van der Waals surface area contributed by atoms with Crippen LogP contribution in [0.15, 0.2) is 72.3 Å². The predicted molar refractivity (Wildman–Crippen MR) is 142 cm³/mol. The van der Waals surface area contributed by atoms with Crippen molar-refractivity contribution in [2.75, 3.05) is 11.5 Å². The highest BCUT2D eigenvalue weighted by Gasteiger charge is 2.48. The van der Waals surface area contributed by atoms with Gasteiger partial charge in [-0.3, -0.25) is 14.5 Å². The molecule has 1 amide bonds. The van der Waals surface area contributed by atoms with Crippen molar-refractivity contribution in [3.63, 3.8) is 0 Å². The third kappa shape index (κ3) is 3.94. The van der Waals surface area contributed by atoms with Crippen molar-refractivity contribution in [2.45, 2.75) is 32.4 Å². The first-order valence-corrected chi connectivity index (χ1v) is 13.0. The molecule has 0 unspecified atom stereocenters. The molecule has 0 radical (unpaired) electrons. The largest absolute Gasteiger partial charge is 0.507 e. The highest BCUT2D eigenvalue weighted by atomic mass is 32.1. The van der Waals surface area contributed by atoms with E-state index in [0.29, 0.717) is 40.6 Å². The molecular formula is C29H24N2O5S. The van der Waals surface area contributed by atoms with Crippen LogP contribution in [0.4, 0.5) is 5.13 Å². The molecule has 1 fully saturated rings. The normalized spacial score (nSPS) is 20.3. The summed E-state index contributed by atoms with van der Waals surface area (Å²) in [6.45, 7) is 4.43. The standard InChI is InChI=1S/C29H24N2O5S/c1-3-35-20-10-11-21-23(15-20)37-29(30-21)31-25(17-7-5-4-6-8-17)24(27(33)28(31)34)26(32)18-9-12-22-19(14-18)13-16(2)36-22/h4-12,14-16,25,32H,3,13H2,1-2H3/b26-24+/t16-,25-/m0/s1. The van der Waals surface area contributed by atoms with Crippen molar-refractivity contribution < 1.29 is 24.2 Å². The van der Waals surface area contributed by atoms with Gasteiger partial charge in [-0.25, -0.2) is 4.98 Å². The molecule has 1 saturated heterocycles. The van der Waals surface area contributed by atoms with E-state index in [1.807, 2.05) is 68.4 Å².